The van der Waals surface area contributed by atoms with Gasteiger partial charge in [-0.15, -0.1) is 11.3 Å². The fraction of sp³-hybridized carbons (Fsp3) is 0.450. The lowest BCUT2D eigenvalue weighted by molar-refractivity contribution is -0.129. The van der Waals surface area contributed by atoms with E-state index >= 15 is 0 Å². The zero-order valence-corrected chi connectivity index (χ0v) is 16.6. The van der Waals surface area contributed by atoms with E-state index in [0.717, 1.165) is 24.2 Å². The average molecular weight is 404 g/mol. The molecule has 150 valence electrons. The SMILES string of the molecule is CC(OC(=O)c1ccc(NC(=O)c2ccco2)s1)C(=O)NCC1CCCCC1. The number of ether oxygens (including phenoxy) is 1. The maximum Gasteiger partial charge on any atom is 0.349 e. The molecule has 1 aliphatic rings. The van der Waals surface area contributed by atoms with Crippen LogP contribution in [0.4, 0.5) is 5.00 Å². The molecule has 2 heterocycles. The van der Waals surface area contributed by atoms with Crippen molar-refractivity contribution in [3.05, 3.63) is 41.2 Å². The quantitative estimate of drug-likeness (QED) is 0.684. The molecule has 0 saturated heterocycles. The number of nitrogens with one attached hydrogen (secondary N) is 2. The third-order valence-corrected chi connectivity index (χ3v) is 5.71. The van der Waals surface area contributed by atoms with Crippen molar-refractivity contribution < 1.29 is 23.5 Å². The number of esters is 1. The van der Waals surface area contributed by atoms with Crippen molar-refractivity contribution in [1.82, 2.24) is 5.32 Å². The molecular formula is C20H24N2O5S. The second-order valence-corrected chi connectivity index (χ2v) is 7.98. The minimum Gasteiger partial charge on any atom is -0.459 e. The van der Waals surface area contributed by atoms with Crippen LogP contribution in [-0.2, 0) is 9.53 Å². The van der Waals surface area contributed by atoms with E-state index in [4.69, 9.17) is 9.15 Å². The smallest absolute Gasteiger partial charge is 0.349 e. The summed E-state index contributed by atoms with van der Waals surface area (Å²) < 4.78 is 10.3. The van der Waals surface area contributed by atoms with Crippen molar-refractivity contribution in [2.24, 2.45) is 5.92 Å². The monoisotopic (exact) mass is 404 g/mol. The van der Waals surface area contributed by atoms with Crippen molar-refractivity contribution in [3.63, 3.8) is 0 Å². The fourth-order valence-corrected chi connectivity index (χ4v) is 3.93. The van der Waals surface area contributed by atoms with Gasteiger partial charge in [-0.25, -0.2) is 4.79 Å². The number of thiophene rings is 1. The summed E-state index contributed by atoms with van der Waals surface area (Å²) in [5.41, 5.74) is 0. The van der Waals surface area contributed by atoms with Gasteiger partial charge in [-0.05, 0) is 49.9 Å². The van der Waals surface area contributed by atoms with Crippen molar-refractivity contribution >= 4 is 34.1 Å². The number of carbonyl (C=O) groups is 3. The number of amides is 2. The van der Waals surface area contributed by atoms with Crippen LogP contribution in [0, 0.1) is 5.92 Å². The molecule has 28 heavy (non-hydrogen) atoms. The molecule has 0 radical (unpaired) electrons. The van der Waals surface area contributed by atoms with Gasteiger partial charge < -0.3 is 19.8 Å². The average Bonchev–Trinajstić information content (AvgIpc) is 3.39. The van der Waals surface area contributed by atoms with Gasteiger partial charge in [-0.2, -0.15) is 0 Å². The molecule has 3 rings (SSSR count). The van der Waals surface area contributed by atoms with Crippen LogP contribution < -0.4 is 10.6 Å². The summed E-state index contributed by atoms with van der Waals surface area (Å²) in [6.07, 6.45) is 6.49. The first-order valence-corrected chi connectivity index (χ1v) is 10.3. The predicted molar refractivity (Wildman–Crippen MR) is 105 cm³/mol. The van der Waals surface area contributed by atoms with Crippen LogP contribution in [0.1, 0.15) is 59.3 Å². The predicted octanol–water partition coefficient (Wildman–Crippen LogP) is 3.84. The molecule has 8 heteroatoms. The summed E-state index contributed by atoms with van der Waals surface area (Å²) in [5, 5.41) is 6.02. The van der Waals surface area contributed by atoms with E-state index in [0.29, 0.717) is 22.3 Å². The summed E-state index contributed by atoms with van der Waals surface area (Å²) in [5.74, 6) is -0.591. The molecule has 0 bridgehead atoms. The molecule has 1 unspecified atom stereocenters. The standard InChI is InChI=1S/C20H24N2O5S/c1-13(18(23)21-12-14-6-3-2-4-7-14)27-20(25)16-9-10-17(28-16)22-19(24)15-8-5-11-26-15/h5,8-11,13-14H,2-4,6-7,12H2,1H3,(H,21,23)(H,22,24). The van der Waals surface area contributed by atoms with E-state index in [1.807, 2.05) is 0 Å². The Balaban J connectivity index is 1.46. The van der Waals surface area contributed by atoms with Crippen LogP contribution in [-0.4, -0.2) is 30.4 Å². The second-order valence-electron chi connectivity index (χ2n) is 6.89. The van der Waals surface area contributed by atoms with Gasteiger partial charge >= 0.3 is 5.97 Å². The lowest BCUT2D eigenvalue weighted by Gasteiger charge is -2.22. The highest BCUT2D eigenvalue weighted by atomic mass is 32.1. The van der Waals surface area contributed by atoms with Gasteiger partial charge in [-0.3, -0.25) is 9.59 Å². The molecule has 1 fully saturated rings. The Morgan fingerprint density at radius 2 is 2.00 bits per heavy atom. The van der Waals surface area contributed by atoms with Crippen LogP contribution >= 0.6 is 11.3 Å². The van der Waals surface area contributed by atoms with Gasteiger partial charge in [0, 0.05) is 6.54 Å². The summed E-state index contributed by atoms with van der Waals surface area (Å²) in [6.45, 7) is 2.18. The Morgan fingerprint density at radius 1 is 1.21 bits per heavy atom. The topological polar surface area (TPSA) is 97.6 Å². The third kappa shape index (κ3) is 5.45. The highest BCUT2D eigenvalue weighted by Gasteiger charge is 2.22. The van der Waals surface area contributed by atoms with E-state index in [9.17, 15) is 14.4 Å². The van der Waals surface area contributed by atoms with Gasteiger partial charge in [-0.1, -0.05) is 19.3 Å². The van der Waals surface area contributed by atoms with Gasteiger partial charge in [0.05, 0.1) is 11.3 Å². The molecule has 0 spiro atoms. The Labute approximate surface area is 167 Å². The van der Waals surface area contributed by atoms with Gasteiger partial charge in [0.2, 0.25) is 0 Å². The lowest BCUT2D eigenvalue weighted by atomic mass is 9.89. The van der Waals surface area contributed by atoms with E-state index in [1.165, 1.54) is 25.5 Å². The van der Waals surface area contributed by atoms with Crippen LogP contribution in [0.25, 0.3) is 0 Å². The van der Waals surface area contributed by atoms with Gasteiger partial charge in [0.15, 0.2) is 11.9 Å². The van der Waals surface area contributed by atoms with E-state index in [2.05, 4.69) is 10.6 Å². The number of rotatable bonds is 7. The maximum absolute atomic E-state index is 12.3. The van der Waals surface area contributed by atoms with Gasteiger partial charge in [0.25, 0.3) is 11.8 Å². The van der Waals surface area contributed by atoms with Crippen molar-refractivity contribution in [1.29, 1.82) is 0 Å². The number of anilines is 1. The summed E-state index contributed by atoms with van der Waals surface area (Å²) in [7, 11) is 0. The molecule has 1 atom stereocenters. The fourth-order valence-electron chi connectivity index (χ4n) is 3.15. The molecule has 2 amide bonds. The zero-order valence-electron chi connectivity index (χ0n) is 15.7. The molecular weight excluding hydrogens is 380 g/mol. The molecule has 2 N–H and O–H groups in total. The normalized spacial score (nSPS) is 15.6. The molecule has 7 nitrogen and oxygen atoms in total. The number of carbonyl (C=O) groups excluding carboxylic acids is 3. The van der Waals surface area contributed by atoms with Crippen molar-refractivity contribution in [2.75, 3.05) is 11.9 Å². The van der Waals surface area contributed by atoms with Crippen molar-refractivity contribution in [2.45, 2.75) is 45.1 Å². The molecule has 1 saturated carbocycles. The summed E-state index contributed by atoms with van der Waals surface area (Å²) in [6, 6.07) is 6.33. The summed E-state index contributed by atoms with van der Waals surface area (Å²) in [4.78, 5) is 36.7. The third-order valence-electron chi connectivity index (χ3n) is 4.73. The van der Waals surface area contributed by atoms with E-state index in [-0.39, 0.29) is 11.7 Å². The number of hydrogen-bond donors (Lipinski definition) is 2. The first kappa shape index (κ1) is 20.1. The number of furan rings is 1. The first-order valence-electron chi connectivity index (χ1n) is 9.46. The Kier molecular flexibility index (Phi) is 6.86. The zero-order chi connectivity index (χ0) is 19.9. The second kappa shape index (κ2) is 9.54. The lowest BCUT2D eigenvalue weighted by Crippen LogP contribution is -2.38. The van der Waals surface area contributed by atoms with Crippen LogP contribution in [0.3, 0.4) is 0 Å². The summed E-state index contributed by atoms with van der Waals surface area (Å²) >= 11 is 1.08. The van der Waals surface area contributed by atoms with E-state index in [1.54, 1.807) is 31.2 Å². The molecule has 2 aromatic heterocycles. The highest BCUT2D eigenvalue weighted by Crippen LogP contribution is 2.24. The number of hydrogen-bond acceptors (Lipinski definition) is 6. The molecule has 2 aromatic rings. The van der Waals surface area contributed by atoms with Crippen molar-refractivity contribution in [3.8, 4) is 0 Å². The molecule has 1 aliphatic carbocycles. The Hall–Kier alpha value is -2.61. The van der Waals surface area contributed by atoms with Gasteiger partial charge in [0.1, 0.15) is 4.88 Å². The van der Waals surface area contributed by atoms with Crippen LogP contribution in [0.2, 0.25) is 0 Å². The first-order chi connectivity index (χ1) is 13.5. The maximum atomic E-state index is 12.3. The van der Waals surface area contributed by atoms with E-state index < -0.39 is 18.0 Å². The molecule has 0 aliphatic heterocycles. The Morgan fingerprint density at radius 3 is 2.71 bits per heavy atom. The minimum atomic E-state index is -0.876. The largest absolute Gasteiger partial charge is 0.459 e. The van der Waals surface area contributed by atoms with Crippen LogP contribution in [0.5, 0.6) is 0 Å². The van der Waals surface area contributed by atoms with Crippen LogP contribution in [0.15, 0.2) is 34.9 Å². The highest BCUT2D eigenvalue weighted by molar-refractivity contribution is 7.18. The molecule has 0 aromatic carbocycles. The Bertz CT molecular complexity index is 808. The minimum absolute atomic E-state index is 0.181.